The maximum Gasteiger partial charge on any atom is 0.223 e. The Morgan fingerprint density at radius 1 is 1.12 bits per heavy atom. The summed E-state index contributed by atoms with van der Waals surface area (Å²) in [6.45, 7) is 1.70. The summed E-state index contributed by atoms with van der Waals surface area (Å²) >= 11 is 0. The van der Waals surface area contributed by atoms with Crippen molar-refractivity contribution in [3.8, 4) is 0 Å². The summed E-state index contributed by atoms with van der Waals surface area (Å²) in [5.74, 6) is 0.479. The summed E-state index contributed by atoms with van der Waals surface area (Å²) in [4.78, 5) is 12.5. The molecule has 0 heterocycles. The maximum atomic E-state index is 12.5. The lowest BCUT2D eigenvalue weighted by Gasteiger charge is -2.25. The van der Waals surface area contributed by atoms with E-state index < -0.39 is 5.60 Å². The molecule has 3 rings (SSSR count). The van der Waals surface area contributed by atoms with Gasteiger partial charge in [-0.1, -0.05) is 60.7 Å². The Labute approximate surface area is 143 Å². The van der Waals surface area contributed by atoms with E-state index in [0.29, 0.717) is 5.92 Å². The predicted octanol–water partition coefficient (Wildman–Crippen LogP) is 3.42. The summed E-state index contributed by atoms with van der Waals surface area (Å²) in [5.41, 5.74) is 0.863. The highest BCUT2D eigenvalue weighted by Gasteiger charge is 2.34. The first-order valence-corrected chi connectivity index (χ1v) is 8.66. The average Bonchev–Trinajstić information content (AvgIpc) is 3.40. The van der Waals surface area contributed by atoms with Crippen LogP contribution in [0.4, 0.5) is 0 Å². The topological polar surface area (TPSA) is 49.3 Å². The van der Waals surface area contributed by atoms with Crippen molar-refractivity contribution in [2.75, 3.05) is 0 Å². The van der Waals surface area contributed by atoms with E-state index in [1.807, 2.05) is 48.5 Å². The molecular weight excluding hydrogens is 298 g/mol. The van der Waals surface area contributed by atoms with Crippen molar-refractivity contribution < 1.29 is 9.90 Å². The third kappa shape index (κ3) is 4.45. The van der Waals surface area contributed by atoms with Crippen LogP contribution in [0.1, 0.15) is 37.3 Å². The largest absolute Gasteiger partial charge is 0.385 e. The minimum absolute atomic E-state index is 0.0784. The second kappa shape index (κ2) is 7.18. The van der Waals surface area contributed by atoms with Crippen LogP contribution in [0.15, 0.2) is 60.7 Å². The number of carbonyl (C=O) groups is 1. The van der Waals surface area contributed by atoms with Gasteiger partial charge in [-0.05, 0) is 43.2 Å². The number of hydrogen-bond acceptors (Lipinski definition) is 2. The second-order valence-corrected chi connectivity index (χ2v) is 7.02. The Hall–Kier alpha value is -2.13. The highest BCUT2D eigenvalue weighted by atomic mass is 16.3. The smallest absolute Gasteiger partial charge is 0.223 e. The van der Waals surface area contributed by atoms with Crippen molar-refractivity contribution in [1.29, 1.82) is 0 Å². The van der Waals surface area contributed by atoms with Gasteiger partial charge in [0.2, 0.25) is 5.91 Å². The fourth-order valence-corrected chi connectivity index (χ4v) is 3.17. The van der Waals surface area contributed by atoms with Crippen molar-refractivity contribution in [3.63, 3.8) is 0 Å². The van der Waals surface area contributed by atoms with Gasteiger partial charge in [0.1, 0.15) is 0 Å². The Morgan fingerprint density at radius 2 is 1.71 bits per heavy atom. The van der Waals surface area contributed by atoms with E-state index in [9.17, 15) is 9.90 Å². The van der Waals surface area contributed by atoms with Gasteiger partial charge in [-0.25, -0.2) is 0 Å². The molecule has 3 heteroatoms. The molecule has 0 saturated heterocycles. The van der Waals surface area contributed by atoms with Crippen molar-refractivity contribution >= 4 is 5.91 Å². The first-order chi connectivity index (χ1) is 11.5. The lowest BCUT2D eigenvalue weighted by molar-refractivity contribution is -0.126. The normalized spacial score (nSPS) is 17.8. The molecule has 2 aromatic rings. The summed E-state index contributed by atoms with van der Waals surface area (Å²) in [5, 5.41) is 13.8. The minimum atomic E-state index is -1.15. The number of amides is 1. The molecule has 1 aliphatic carbocycles. The molecule has 0 aromatic heterocycles. The molecule has 0 aliphatic heterocycles. The molecule has 126 valence electrons. The Balaban J connectivity index is 1.62. The molecule has 3 nitrogen and oxygen atoms in total. The molecule has 1 aliphatic rings. The van der Waals surface area contributed by atoms with Crippen LogP contribution in [0, 0.1) is 5.92 Å². The van der Waals surface area contributed by atoms with E-state index in [2.05, 4.69) is 17.4 Å². The molecule has 1 amide bonds. The van der Waals surface area contributed by atoms with Gasteiger partial charge in [-0.3, -0.25) is 4.79 Å². The summed E-state index contributed by atoms with van der Waals surface area (Å²) in [6, 6.07) is 19.8. The van der Waals surface area contributed by atoms with E-state index in [0.717, 1.165) is 12.0 Å². The van der Waals surface area contributed by atoms with Crippen LogP contribution in [0.2, 0.25) is 0 Å². The van der Waals surface area contributed by atoms with Gasteiger partial charge >= 0.3 is 0 Å². The highest BCUT2D eigenvalue weighted by Crippen LogP contribution is 2.34. The van der Waals surface area contributed by atoms with Gasteiger partial charge in [-0.2, -0.15) is 0 Å². The van der Waals surface area contributed by atoms with E-state index in [4.69, 9.17) is 0 Å². The van der Waals surface area contributed by atoms with Gasteiger partial charge in [0.05, 0.1) is 12.0 Å². The van der Waals surface area contributed by atoms with Crippen molar-refractivity contribution in [3.05, 3.63) is 71.8 Å². The lowest BCUT2D eigenvalue weighted by Crippen LogP contribution is -2.41. The molecule has 1 fully saturated rings. The number of aliphatic hydroxyl groups is 1. The number of rotatable bonds is 7. The molecule has 0 spiro atoms. The number of hydrogen-bond donors (Lipinski definition) is 2. The minimum Gasteiger partial charge on any atom is -0.385 e. The van der Waals surface area contributed by atoms with Gasteiger partial charge in [-0.15, -0.1) is 0 Å². The monoisotopic (exact) mass is 323 g/mol. The summed E-state index contributed by atoms with van der Waals surface area (Å²) in [7, 11) is 0. The third-order valence-corrected chi connectivity index (χ3v) is 4.74. The van der Waals surface area contributed by atoms with Gasteiger partial charge in [0, 0.05) is 6.04 Å². The van der Waals surface area contributed by atoms with Crippen LogP contribution in [0.25, 0.3) is 0 Å². The first kappa shape index (κ1) is 16.7. The SMILES string of the molecule is CC(O)(CC(=O)NC(Cc1ccccc1)C1CC1)c1ccccc1. The molecule has 0 bridgehead atoms. The average molecular weight is 323 g/mol. The number of carbonyl (C=O) groups excluding carboxylic acids is 1. The maximum absolute atomic E-state index is 12.5. The van der Waals surface area contributed by atoms with Crippen LogP contribution in [0.3, 0.4) is 0 Å². The molecule has 24 heavy (non-hydrogen) atoms. The van der Waals surface area contributed by atoms with Gasteiger partial charge in [0.25, 0.3) is 0 Å². The standard InChI is InChI=1S/C21H25NO2/c1-21(24,18-10-6-3-7-11-18)15-20(23)22-19(17-12-13-17)14-16-8-4-2-5-9-16/h2-11,17,19,24H,12-15H2,1H3,(H,22,23). The molecule has 2 unspecified atom stereocenters. The predicted molar refractivity (Wildman–Crippen MR) is 95.4 cm³/mol. The molecule has 2 N–H and O–H groups in total. The second-order valence-electron chi connectivity index (χ2n) is 7.02. The quantitative estimate of drug-likeness (QED) is 0.820. The van der Waals surface area contributed by atoms with Crippen LogP contribution < -0.4 is 5.32 Å². The van der Waals surface area contributed by atoms with Crippen LogP contribution in [0.5, 0.6) is 0 Å². The van der Waals surface area contributed by atoms with Gasteiger partial charge < -0.3 is 10.4 Å². The van der Waals surface area contributed by atoms with Crippen molar-refractivity contribution in [2.24, 2.45) is 5.92 Å². The van der Waals surface area contributed by atoms with Crippen molar-refractivity contribution in [2.45, 2.75) is 44.2 Å². The summed E-state index contributed by atoms with van der Waals surface area (Å²) in [6.07, 6.45) is 3.28. The first-order valence-electron chi connectivity index (χ1n) is 8.66. The fraction of sp³-hybridized carbons (Fsp3) is 0.381. The van der Waals surface area contributed by atoms with E-state index >= 15 is 0 Å². The zero-order chi connectivity index (χ0) is 17.0. The molecule has 2 atom stereocenters. The van der Waals surface area contributed by atoms with Crippen LogP contribution in [-0.4, -0.2) is 17.1 Å². The van der Waals surface area contributed by atoms with Crippen LogP contribution >= 0.6 is 0 Å². The Kier molecular flexibility index (Phi) is 5.00. The fourth-order valence-electron chi connectivity index (χ4n) is 3.17. The molecular formula is C21H25NO2. The molecule has 0 radical (unpaired) electrons. The molecule has 1 saturated carbocycles. The Bertz CT molecular complexity index is 663. The van der Waals surface area contributed by atoms with Crippen molar-refractivity contribution in [1.82, 2.24) is 5.32 Å². The molecule has 2 aromatic carbocycles. The lowest BCUT2D eigenvalue weighted by atomic mass is 9.92. The van der Waals surface area contributed by atoms with E-state index in [1.165, 1.54) is 18.4 Å². The van der Waals surface area contributed by atoms with Gasteiger partial charge in [0.15, 0.2) is 0 Å². The zero-order valence-corrected chi connectivity index (χ0v) is 14.1. The van der Waals surface area contributed by atoms with E-state index in [1.54, 1.807) is 6.92 Å². The Morgan fingerprint density at radius 3 is 2.29 bits per heavy atom. The zero-order valence-electron chi connectivity index (χ0n) is 14.1. The number of benzene rings is 2. The third-order valence-electron chi connectivity index (χ3n) is 4.74. The van der Waals surface area contributed by atoms with Crippen LogP contribution in [-0.2, 0) is 16.8 Å². The van der Waals surface area contributed by atoms with E-state index in [-0.39, 0.29) is 18.4 Å². The number of nitrogens with one attached hydrogen (secondary N) is 1. The summed E-state index contributed by atoms with van der Waals surface area (Å²) < 4.78 is 0. The highest BCUT2D eigenvalue weighted by molar-refractivity contribution is 5.77.